The van der Waals surface area contributed by atoms with Gasteiger partial charge in [-0.05, 0) is 73.6 Å². The number of likely N-dealkylation sites (tertiary alicyclic amines) is 1. The van der Waals surface area contributed by atoms with E-state index < -0.39 is 5.41 Å². The second-order valence-electron chi connectivity index (χ2n) is 10.2. The molecule has 4 aromatic rings. The lowest BCUT2D eigenvalue weighted by molar-refractivity contribution is -0.129. The number of hydrogen-bond acceptors (Lipinski definition) is 5. The molecule has 1 saturated heterocycles. The van der Waals surface area contributed by atoms with Gasteiger partial charge in [0.1, 0.15) is 0 Å². The number of aromatic nitrogens is 2. The number of nitrogens with one attached hydrogen (secondary N) is 1. The molecule has 7 nitrogen and oxygen atoms in total. The lowest BCUT2D eigenvalue weighted by atomic mass is 9.71. The number of benzene rings is 3. The van der Waals surface area contributed by atoms with Gasteiger partial charge in [-0.2, -0.15) is 4.98 Å². The summed E-state index contributed by atoms with van der Waals surface area (Å²) in [7, 11) is 0. The topological polar surface area (TPSA) is 88.3 Å². The third-order valence-corrected chi connectivity index (χ3v) is 8.01. The molecule has 2 aliphatic rings. The highest BCUT2D eigenvalue weighted by Gasteiger charge is 2.44. The van der Waals surface area contributed by atoms with Crippen LogP contribution in [0.2, 0.25) is 0 Å². The van der Waals surface area contributed by atoms with Crippen LogP contribution in [0, 0.1) is 6.92 Å². The van der Waals surface area contributed by atoms with Crippen LogP contribution in [0.15, 0.2) is 83.4 Å². The molecule has 1 aromatic heterocycles. The van der Waals surface area contributed by atoms with Crippen LogP contribution in [-0.4, -0.2) is 39.9 Å². The number of carbonyl (C=O) groups is 2. The fourth-order valence-corrected chi connectivity index (χ4v) is 5.85. The van der Waals surface area contributed by atoms with Gasteiger partial charge in [-0.25, -0.2) is 0 Å². The summed E-state index contributed by atoms with van der Waals surface area (Å²) in [6.07, 6.45) is 3.04. The lowest BCUT2D eigenvalue weighted by Gasteiger charge is -2.41. The normalized spacial score (nSPS) is 18.1. The zero-order chi connectivity index (χ0) is 26.1. The first kappa shape index (κ1) is 24.1. The first-order valence-corrected chi connectivity index (χ1v) is 13.2. The van der Waals surface area contributed by atoms with Crippen molar-refractivity contribution >= 4 is 11.8 Å². The van der Waals surface area contributed by atoms with E-state index in [1.807, 2.05) is 53.4 Å². The molecule has 1 unspecified atom stereocenters. The molecule has 0 bridgehead atoms. The molecule has 7 heteroatoms. The molecular formula is C31H30N4O3. The number of fused-ring (bicyclic) bond motifs is 1. The second-order valence-corrected chi connectivity index (χ2v) is 10.2. The highest BCUT2D eigenvalue weighted by Crippen LogP contribution is 2.39. The summed E-state index contributed by atoms with van der Waals surface area (Å²) in [5.41, 5.74) is 4.24. The summed E-state index contributed by atoms with van der Waals surface area (Å²) in [5, 5.41) is 7.21. The van der Waals surface area contributed by atoms with Crippen molar-refractivity contribution in [2.75, 3.05) is 13.1 Å². The maximum absolute atomic E-state index is 14.0. The Bertz CT molecular complexity index is 1450. The highest BCUT2D eigenvalue weighted by molar-refractivity contribution is 5.95. The SMILES string of the molecule is Cc1noc(-c2ccc(C(=O)N3CCC(C(=O)NC4CCc5ccccc54)(c4ccccc4)CC3)cc2)n1. The van der Waals surface area contributed by atoms with Crippen LogP contribution in [0.3, 0.4) is 0 Å². The Morgan fingerprint density at radius 3 is 2.37 bits per heavy atom. The fourth-order valence-electron chi connectivity index (χ4n) is 5.85. The Hall–Kier alpha value is -4.26. The number of nitrogens with zero attached hydrogens (tertiary/aromatic N) is 3. The number of rotatable bonds is 5. The van der Waals surface area contributed by atoms with Crippen LogP contribution in [0.4, 0.5) is 0 Å². The highest BCUT2D eigenvalue weighted by atomic mass is 16.5. The third kappa shape index (κ3) is 4.38. The number of carbonyl (C=O) groups excluding carboxylic acids is 2. The van der Waals surface area contributed by atoms with Gasteiger partial charge in [-0.3, -0.25) is 9.59 Å². The molecule has 192 valence electrons. The summed E-state index contributed by atoms with van der Waals surface area (Å²) in [4.78, 5) is 33.4. The average molecular weight is 507 g/mol. The monoisotopic (exact) mass is 506 g/mol. The molecule has 0 radical (unpaired) electrons. The van der Waals surface area contributed by atoms with E-state index in [1.54, 1.807) is 19.1 Å². The maximum Gasteiger partial charge on any atom is 0.257 e. The van der Waals surface area contributed by atoms with E-state index in [0.29, 0.717) is 43.2 Å². The molecule has 2 heterocycles. The maximum atomic E-state index is 14.0. The van der Waals surface area contributed by atoms with Crippen LogP contribution in [0.1, 0.15) is 58.2 Å². The molecule has 3 aromatic carbocycles. The molecule has 1 N–H and O–H groups in total. The van der Waals surface area contributed by atoms with E-state index in [0.717, 1.165) is 24.0 Å². The summed E-state index contributed by atoms with van der Waals surface area (Å²) < 4.78 is 5.23. The van der Waals surface area contributed by atoms with Gasteiger partial charge in [0.2, 0.25) is 5.91 Å². The summed E-state index contributed by atoms with van der Waals surface area (Å²) in [6.45, 7) is 2.78. The molecule has 2 amide bonds. The average Bonchev–Trinajstić information content (AvgIpc) is 3.59. The zero-order valence-corrected chi connectivity index (χ0v) is 21.4. The molecule has 1 aliphatic heterocycles. The Labute approximate surface area is 221 Å². The van der Waals surface area contributed by atoms with Gasteiger partial charge >= 0.3 is 0 Å². The van der Waals surface area contributed by atoms with Crippen LogP contribution in [-0.2, 0) is 16.6 Å². The van der Waals surface area contributed by atoms with E-state index >= 15 is 0 Å². The quantitative estimate of drug-likeness (QED) is 0.411. The standard InChI is InChI=1S/C31H30N4O3/c1-21-32-28(38-34-21)23-11-13-24(14-12-23)29(36)35-19-17-31(18-20-35,25-8-3-2-4-9-25)30(37)33-27-16-15-22-7-5-6-10-26(22)27/h2-14,27H,15-20H2,1H3,(H,33,37). The number of piperidine rings is 1. The summed E-state index contributed by atoms with van der Waals surface area (Å²) in [6, 6.07) is 25.6. The van der Waals surface area contributed by atoms with Crippen molar-refractivity contribution < 1.29 is 14.1 Å². The predicted molar refractivity (Wildman–Crippen MR) is 143 cm³/mol. The first-order chi connectivity index (χ1) is 18.5. The van der Waals surface area contributed by atoms with Crippen molar-refractivity contribution in [1.82, 2.24) is 20.4 Å². The molecule has 6 rings (SSSR count). The van der Waals surface area contributed by atoms with Crippen LogP contribution in [0.25, 0.3) is 11.5 Å². The minimum Gasteiger partial charge on any atom is -0.349 e. The van der Waals surface area contributed by atoms with E-state index in [2.05, 4.69) is 33.7 Å². The Morgan fingerprint density at radius 2 is 1.66 bits per heavy atom. The second kappa shape index (κ2) is 9.89. The van der Waals surface area contributed by atoms with Crippen molar-refractivity contribution in [3.63, 3.8) is 0 Å². The van der Waals surface area contributed by atoms with Gasteiger partial charge in [0.05, 0.1) is 11.5 Å². The largest absolute Gasteiger partial charge is 0.349 e. The van der Waals surface area contributed by atoms with Crippen LogP contribution >= 0.6 is 0 Å². The van der Waals surface area contributed by atoms with E-state index in [-0.39, 0.29) is 17.9 Å². The predicted octanol–water partition coefficient (Wildman–Crippen LogP) is 5.02. The lowest BCUT2D eigenvalue weighted by Crippen LogP contribution is -2.53. The van der Waals surface area contributed by atoms with Crippen molar-refractivity contribution in [3.8, 4) is 11.5 Å². The van der Waals surface area contributed by atoms with E-state index in [4.69, 9.17) is 4.52 Å². The van der Waals surface area contributed by atoms with Gasteiger partial charge < -0.3 is 14.7 Å². The Kier molecular flexibility index (Phi) is 6.27. The number of hydrogen-bond donors (Lipinski definition) is 1. The number of aryl methyl sites for hydroxylation is 2. The summed E-state index contributed by atoms with van der Waals surface area (Å²) in [5.74, 6) is 1.02. The van der Waals surface area contributed by atoms with Crippen LogP contribution < -0.4 is 5.32 Å². The van der Waals surface area contributed by atoms with Gasteiger partial charge in [0, 0.05) is 24.2 Å². The first-order valence-electron chi connectivity index (χ1n) is 13.2. The minimum atomic E-state index is -0.671. The zero-order valence-electron chi connectivity index (χ0n) is 21.4. The van der Waals surface area contributed by atoms with Crippen molar-refractivity contribution in [2.24, 2.45) is 0 Å². The molecule has 0 spiro atoms. The van der Waals surface area contributed by atoms with E-state index in [9.17, 15) is 9.59 Å². The Balaban J connectivity index is 1.19. The van der Waals surface area contributed by atoms with Gasteiger partial charge in [0.15, 0.2) is 5.82 Å². The molecule has 0 saturated carbocycles. The van der Waals surface area contributed by atoms with E-state index in [1.165, 1.54) is 11.1 Å². The van der Waals surface area contributed by atoms with Crippen molar-refractivity contribution in [3.05, 3.63) is 107 Å². The van der Waals surface area contributed by atoms with Crippen molar-refractivity contribution in [2.45, 2.75) is 44.1 Å². The number of amides is 2. The molecule has 1 fully saturated rings. The van der Waals surface area contributed by atoms with Gasteiger partial charge in [-0.1, -0.05) is 59.8 Å². The molecule has 1 atom stereocenters. The fraction of sp³-hybridized carbons (Fsp3) is 0.290. The molecule has 38 heavy (non-hydrogen) atoms. The third-order valence-electron chi connectivity index (χ3n) is 8.01. The molecule has 1 aliphatic carbocycles. The van der Waals surface area contributed by atoms with Crippen molar-refractivity contribution in [1.29, 1.82) is 0 Å². The van der Waals surface area contributed by atoms with Gasteiger partial charge in [0.25, 0.3) is 11.8 Å². The Morgan fingerprint density at radius 1 is 0.947 bits per heavy atom. The smallest absolute Gasteiger partial charge is 0.257 e. The van der Waals surface area contributed by atoms with Crippen LogP contribution in [0.5, 0.6) is 0 Å². The molecular weight excluding hydrogens is 476 g/mol. The minimum absolute atomic E-state index is 0.0279. The summed E-state index contributed by atoms with van der Waals surface area (Å²) >= 11 is 0. The van der Waals surface area contributed by atoms with Gasteiger partial charge in [-0.15, -0.1) is 0 Å².